The average molecular weight is 564 g/mol. The van der Waals surface area contributed by atoms with Gasteiger partial charge in [0.2, 0.25) is 17.7 Å². The summed E-state index contributed by atoms with van der Waals surface area (Å²) in [6.45, 7) is 4.70. The number of phosphoric acid groups is 1. The number of fused-ring (bicyclic) bond motifs is 1. The monoisotopic (exact) mass is 564 g/mol. The van der Waals surface area contributed by atoms with Crippen molar-refractivity contribution in [1.82, 2.24) is 19.8 Å². The molecule has 4 rings (SSSR count). The molecule has 0 radical (unpaired) electrons. The summed E-state index contributed by atoms with van der Waals surface area (Å²) in [5.41, 5.74) is 0.603. The van der Waals surface area contributed by atoms with Gasteiger partial charge < -0.3 is 14.3 Å². The molecule has 2 aromatic rings. The zero-order chi connectivity index (χ0) is 28.5. The molecule has 39 heavy (non-hydrogen) atoms. The van der Waals surface area contributed by atoms with Gasteiger partial charge in [0.1, 0.15) is 29.6 Å². The van der Waals surface area contributed by atoms with E-state index in [2.05, 4.69) is 11.1 Å². The van der Waals surface area contributed by atoms with Crippen molar-refractivity contribution in [3.05, 3.63) is 77.9 Å². The van der Waals surface area contributed by atoms with Gasteiger partial charge in [-0.1, -0.05) is 24.3 Å². The molecule has 2 atom stereocenters. The Morgan fingerprint density at radius 1 is 1.18 bits per heavy atom. The number of phosphoric ester groups is 1. The van der Waals surface area contributed by atoms with E-state index in [0.29, 0.717) is 11.6 Å². The Morgan fingerprint density at radius 2 is 1.87 bits per heavy atom. The fourth-order valence-electron chi connectivity index (χ4n) is 4.89. The first-order valence-corrected chi connectivity index (χ1v) is 13.4. The lowest BCUT2D eigenvalue weighted by atomic mass is 9.98. The topological polar surface area (TPSA) is 131 Å². The molecule has 0 aromatic heterocycles. The van der Waals surface area contributed by atoms with Crippen molar-refractivity contribution in [1.29, 1.82) is 0 Å². The Hall–Kier alpha value is -3.64. The fraction of sp³-hybridized carbons (Fsp3) is 0.320. The van der Waals surface area contributed by atoms with Crippen molar-refractivity contribution in [2.75, 3.05) is 19.6 Å². The van der Waals surface area contributed by atoms with Crippen LogP contribution in [0.1, 0.15) is 18.1 Å². The molecule has 0 unspecified atom stereocenters. The van der Waals surface area contributed by atoms with Gasteiger partial charge >= 0.3 is 7.82 Å². The second kappa shape index (κ2) is 11.2. The highest BCUT2D eigenvalue weighted by atomic mass is 31.2. The summed E-state index contributed by atoms with van der Waals surface area (Å²) in [7, 11) is -4.77. The Balaban J connectivity index is 1.70. The van der Waals surface area contributed by atoms with Crippen LogP contribution in [-0.4, -0.2) is 79.2 Å². The zero-order valence-electron chi connectivity index (χ0n) is 20.9. The minimum atomic E-state index is -4.77. The maximum atomic E-state index is 14.5. The molecule has 208 valence electrons. The van der Waals surface area contributed by atoms with E-state index in [1.54, 1.807) is 0 Å². The molecule has 2 aromatic carbocycles. The maximum absolute atomic E-state index is 14.5. The van der Waals surface area contributed by atoms with Gasteiger partial charge in [0, 0.05) is 38.1 Å². The molecule has 2 N–H and O–H groups in total. The van der Waals surface area contributed by atoms with Crippen LogP contribution in [-0.2, 0) is 31.9 Å². The third-order valence-electron chi connectivity index (χ3n) is 6.45. The predicted molar refractivity (Wildman–Crippen MR) is 133 cm³/mol. The van der Waals surface area contributed by atoms with Crippen LogP contribution < -0.4 is 4.52 Å². The van der Waals surface area contributed by atoms with Crippen LogP contribution >= 0.6 is 7.82 Å². The van der Waals surface area contributed by atoms with Crippen molar-refractivity contribution >= 4 is 25.5 Å². The van der Waals surface area contributed by atoms with Crippen LogP contribution in [0, 0.1) is 11.6 Å². The second-order valence-electron chi connectivity index (χ2n) is 9.18. The molecule has 3 amide bonds. The second-order valence-corrected chi connectivity index (χ2v) is 10.3. The van der Waals surface area contributed by atoms with Gasteiger partial charge in [-0.25, -0.2) is 18.4 Å². The van der Waals surface area contributed by atoms with Crippen molar-refractivity contribution < 1.29 is 42.0 Å². The van der Waals surface area contributed by atoms with Crippen LogP contribution in [0.4, 0.5) is 8.78 Å². The lowest BCUT2D eigenvalue weighted by Gasteiger charge is -2.55. The zero-order valence-corrected chi connectivity index (χ0v) is 21.8. The van der Waals surface area contributed by atoms with Gasteiger partial charge in [-0.05, 0) is 23.8 Å². The van der Waals surface area contributed by atoms with E-state index < -0.39 is 43.5 Å². The van der Waals surface area contributed by atoms with Crippen molar-refractivity contribution in [2.24, 2.45) is 0 Å². The number of nitrogens with zero attached hydrogens (tertiary/aromatic N) is 4. The molecule has 0 spiro atoms. The summed E-state index contributed by atoms with van der Waals surface area (Å²) in [4.78, 5) is 60.5. The average Bonchev–Trinajstić information content (AvgIpc) is 2.83. The number of carbonyl (C=O) groups excluding carboxylic acids is 3. The molecule has 2 saturated heterocycles. The van der Waals surface area contributed by atoms with Gasteiger partial charge in [0.05, 0.1) is 13.1 Å². The van der Waals surface area contributed by atoms with E-state index in [1.807, 2.05) is 0 Å². The number of benzene rings is 2. The number of piperazine rings is 1. The quantitative estimate of drug-likeness (QED) is 0.367. The first-order chi connectivity index (χ1) is 18.4. The predicted octanol–water partition coefficient (Wildman–Crippen LogP) is 1.81. The molecule has 2 aliphatic rings. The lowest BCUT2D eigenvalue weighted by Crippen LogP contribution is -2.75. The van der Waals surface area contributed by atoms with E-state index in [-0.39, 0.29) is 49.8 Å². The van der Waals surface area contributed by atoms with Gasteiger partial charge in [-0.2, -0.15) is 0 Å². The number of carbonyl (C=O) groups is 3. The van der Waals surface area contributed by atoms with E-state index in [0.717, 1.165) is 6.07 Å². The SMILES string of the molecule is C=CCN1CC(=O)N2[C@@H](Cc3ccc(OP(=O)(O)O)cc3)C(=O)N(Cc3ccc(F)cc3F)C[C@@H]2N1C(C)=O. The fourth-order valence-corrected chi connectivity index (χ4v) is 5.29. The summed E-state index contributed by atoms with van der Waals surface area (Å²) < 4.78 is 43.6. The van der Waals surface area contributed by atoms with Crippen molar-refractivity contribution in [3.8, 4) is 5.75 Å². The van der Waals surface area contributed by atoms with Crippen LogP contribution in [0.5, 0.6) is 5.75 Å². The molecular weight excluding hydrogens is 537 g/mol. The summed E-state index contributed by atoms with van der Waals surface area (Å²) in [5.74, 6) is -2.97. The Morgan fingerprint density at radius 3 is 2.46 bits per heavy atom. The van der Waals surface area contributed by atoms with Gasteiger partial charge in [-0.15, -0.1) is 6.58 Å². The third-order valence-corrected chi connectivity index (χ3v) is 6.89. The number of amides is 3. The number of rotatable bonds is 8. The summed E-state index contributed by atoms with van der Waals surface area (Å²) >= 11 is 0. The first-order valence-electron chi connectivity index (χ1n) is 11.9. The Kier molecular flexibility index (Phi) is 8.17. The minimum Gasteiger partial charge on any atom is -0.404 e. The van der Waals surface area contributed by atoms with Gasteiger partial charge in [0.15, 0.2) is 0 Å². The standard InChI is InChI=1S/C25H27F2N4O7P/c1-3-10-29-15-24(33)30-22(11-17-4-8-20(9-5-17)38-39(35,36)37)25(34)28(14-23(30)31(29)16(2)32)13-18-6-7-19(26)12-21(18)27/h3-9,12,22-23H,1,10-11,13-15H2,2H3,(H2,35,36,37)/t22-,23-/m0/s1. The number of hydrogen-bond acceptors (Lipinski definition) is 6. The van der Waals surface area contributed by atoms with E-state index >= 15 is 0 Å². The van der Waals surface area contributed by atoms with E-state index in [1.165, 1.54) is 63.1 Å². The molecule has 0 saturated carbocycles. The highest BCUT2D eigenvalue weighted by Crippen LogP contribution is 2.37. The number of hydrazine groups is 1. The molecular formula is C25H27F2N4O7P. The van der Waals surface area contributed by atoms with Crippen LogP contribution in [0.25, 0.3) is 0 Å². The largest absolute Gasteiger partial charge is 0.524 e. The molecule has 2 aliphatic heterocycles. The lowest BCUT2D eigenvalue weighted by molar-refractivity contribution is -0.204. The smallest absolute Gasteiger partial charge is 0.404 e. The summed E-state index contributed by atoms with van der Waals surface area (Å²) in [5, 5.41) is 2.91. The van der Waals surface area contributed by atoms with Crippen LogP contribution in [0.15, 0.2) is 55.1 Å². The molecule has 2 fully saturated rings. The third kappa shape index (κ3) is 6.34. The Labute approximate surface area is 223 Å². The normalized spacial score (nSPS) is 20.2. The highest BCUT2D eigenvalue weighted by molar-refractivity contribution is 7.46. The molecule has 0 bridgehead atoms. The van der Waals surface area contributed by atoms with Crippen molar-refractivity contribution in [3.63, 3.8) is 0 Å². The van der Waals surface area contributed by atoms with Crippen molar-refractivity contribution in [2.45, 2.75) is 32.1 Å². The summed E-state index contributed by atoms with van der Waals surface area (Å²) in [6.07, 6.45) is 0.636. The van der Waals surface area contributed by atoms with Gasteiger partial charge in [0.25, 0.3) is 0 Å². The molecule has 0 aliphatic carbocycles. The van der Waals surface area contributed by atoms with Crippen LogP contribution in [0.2, 0.25) is 0 Å². The maximum Gasteiger partial charge on any atom is 0.524 e. The molecule has 11 nitrogen and oxygen atoms in total. The van der Waals surface area contributed by atoms with Crippen LogP contribution in [0.3, 0.4) is 0 Å². The highest BCUT2D eigenvalue weighted by Gasteiger charge is 2.50. The first kappa shape index (κ1) is 28.4. The Bertz CT molecular complexity index is 1340. The number of halogens is 2. The number of hydrogen-bond donors (Lipinski definition) is 2. The van der Waals surface area contributed by atoms with E-state index in [4.69, 9.17) is 9.79 Å². The summed E-state index contributed by atoms with van der Waals surface area (Å²) in [6, 6.07) is 7.56. The molecule has 2 heterocycles. The van der Waals surface area contributed by atoms with E-state index in [9.17, 15) is 27.7 Å². The minimum absolute atomic E-state index is 0.00708. The van der Waals surface area contributed by atoms with Gasteiger partial charge in [-0.3, -0.25) is 29.2 Å². The molecule has 14 heteroatoms.